The van der Waals surface area contributed by atoms with Crippen LogP contribution in [0.2, 0.25) is 0 Å². The molecule has 0 radical (unpaired) electrons. The second-order valence-electron chi connectivity index (χ2n) is 4.92. The van der Waals surface area contributed by atoms with Crippen LogP contribution in [0.4, 0.5) is 0 Å². The Bertz CT molecular complexity index is 583. The van der Waals surface area contributed by atoms with Gasteiger partial charge in [-0.1, -0.05) is 47.1 Å². The number of aliphatic hydroxyl groups is 1. The summed E-state index contributed by atoms with van der Waals surface area (Å²) in [4.78, 5) is 0. The monoisotopic (exact) mass is 334 g/mol. The number of ether oxygens (including phenoxy) is 1. The van der Waals surface area contributed by atoms with Crippen LogP contribution in [0, 0.1) is 0 Å². The van der Waals surface area contributed by atoms with E-state index in [0.29, 0.717) is 12.8 Å². The van der Waals surface area contributed by atoms with E-state index in [1.807, 2.05) is 55.5 Å². The van der Waals surface area contributed by atoms with E-state index in [1.54, 1.807) is 7.11 Å². The van der Waals surface area contributed by atoms with Crippen LogP contribution in [-0.4, -0.2) is 12.2 Å². The molecule has 0 saturated carbocycles. The van der Waals surface area contributed by atoms with Gasteiger partial charge in [0.05, 0.1) is 12.7 Å². The molecule has 0 bridgehead atoms. The zero-order chi connectivity index (χ0) is 14.6. The first-order valence-electron chi connectivity index (χ1n) is 6.69. The third-order valence-corrected chi connectivity index (χ3v) is 4.07. The Morgan fingerprint density at radius 1 is 1.15 bits per heavy atom. The highest BCUT2D eigenvalue weighted by molar-refractivity contribution is 9.10. The summed E-state index contributed by atoms with van der Waals surface area (Å²) in [7, 11) is 1.65. The van der Waals surface area contributed by atoms with Gasteiger partial charge in [0.15, 0.2) is 0 Å². The lowest BCUT2D eigenvalue weighted by atomic mass is 9.85. The molecular weight excluding hydrogens is 316 g/mol. The largest absolute Gasteiger partial charge is 0.497 e. The zero-order valence-electron chi connectivity index (χ0n) is 11.8. The van der Waals surface area contributed by atoms with Crippen molar-refractivity contribution < 1.29 is 9.84 Å². The Morgan fingerprint density at radius 3 is 2.55 bits per heavy atom. The summed E-state index contributed by atoms with van der Waals surface area (Å²) in [5.41, 5.74) is 1.13. The molecule has 2 rings (SSSR count). The lowest BCUT2D eigenvalue weighted by Crippen LogP contribution is -2.27. The van der Waals surface area contributed by atoms with Crippen molar-refractivity contribution in [1.82, 2.24) is 0 Å². The number of benzene rings is 2. The minimum atomic E-state index is -0.865. The highest BCUT2D eigenvalue weighted by Crippen LogP contribution is 2.31. The first-order chi connectivity index (χ1) is 9.57. The average Bonchev–Trinajstić information content (AvgIpc) is 2.47. The molecule has 0 aliphatic rings. The summed E-state index contributed by atoms with van der Waals surface area (Å²) in [5, 5.41) is 11.0. The Kier molecular flexibility index (Phi) is 4.84. The van der Waals surface area contributed by atoms with Gasteiger partial charge in [0.1, 0.15) is 5.75 Å². The zero-order valence-corrected chi connectivity index (χ0v) is 13.4. The standard InChI is InChI=1S/C17H19BrO2/c1-3-17(19,14-7-5-8-15(18)11-14)12-13-6-4-9-16(10-13)20-2/h4-11,19H,3,12H2,1-2H3. The molecule has 106 valence electrons. The van der Waals surface area contributed by atoms with Crippen molar-refractivity contribution in [1.29, 1.82) is 0 Å². The topological polar surface area (TPSA) is 29.5 Å². The molecular formula is C17H19BrO2. The molecule has 2 nitrogen and oxygen atoms in total. The molecule has 1 unspecified atom stereocenters. The van der Waals surface area contributed by atoms with Crippen molar-refractivity contribution in [3.63, 3.8) is 0 Å². The quantitative estimate of drug-likeness (QED) is 0.883. The van der Waals surface area contributed by atoms with Gasteiger partial charge < -0.3 is 9.84 Å². The Balaban J connectivity index is 2.31. The molecule has 0 heterocycles. The third kappa shape index (κ3) is 3.41. The van der Waals surface area contributed by atoms with Gasteiger partial charge in [-0.05, 0) is 41.8 Å². The van der Waals surface area contributed by atoms with Crippen LogP contribution in [0.5, 0.6) is 5.75 Å². The minimum absolute atomic E-state index is 0.567. The van der Waals surface area contributed by atoms with Crippen LogP contribution in [0.3, 0.4) is 0 Å². The van der Waals surface area contributed by atoms with E-state index in [2.05, 4.69) is 15.9 Å². The lowest BCUT2D eigenvalue weighted by molar-refractivity contribution is 0.0326. The van der Waals surface area contributed by atoms with Crippen LogP contribution in [0.25, 0.3) is 0 Å². The van der Waals surface area contributed by atoms with Crippen molar-refractivity contribution in [3.8, 4) is 5.75 Å². The minimum Gasteiger partial charge on any atom is -0.497 e. The average molecular weight is 335 g/mol. The number of rotatable bonds is 5. The van der Waals surface area contributed by atoms with E-state index < -0.39 is 5.60 Å². The number of methoxy groups -OCH3 is 1. The smallest absolute Gasteiger partial charge is 0.119 e. The SMILES string of the molecule is CCC(O)(Cc1cccc(OC)c1)c1cccc(Br)c1. The Morgan fingerprint density at radius 2 is 1.90 bits per heavy atom. The maximum atomic E-state index is 11.0. The van der Waals surface area contributed by atoms with Gasteiger partial charge in [0.25, 0.3) is 0 Å². The summed E-state index contributed by atoms with van der Waals surface area (Å²) in [6.07, 6.45) is 1.22. The maximum absolute atomic E-state index is 11.0. The molecule has 0 fully saturated rings. The normalized spacial score (nSPS) is 13.8. The van der Waals surface area contributed by atoms with Crippen molar-refractivity contribution in [2.45, 2.75) is 25.4 Å². The Hall–Kier alpha value is -1.32. The highest BCUT2D eigenvalue weighted by Gasteiger charge is 2.27. The van der Waals surface area contributed by atoms with Crippen molar-refractivity contribution in [3.05, 3.63) is 64.1 Å². The summed E-state index contributed by atoms with van der Waals surface area (Å²) in [6, 6.07) is 15.7. The molecule has 20 heavy (non-hydrogen) atoms. The van der Waals surface area contributed by atoms with E-state index >= 15 is 0 Å². The van der Waals surface area contributed by atoms with Gasteiger partial charge in [-0.2, -0.15) is 0 Å². The Labute approximate surface area is 128 Å². The summed E-state index contributed by atoms with van der Waals surface area (Å²) in [5.74, 6) is 0.815. The summed E-state index contributed by atoms with van der Waals surface area (Å²) < 4.78 is 6.22. The molecule has 1 atom stereocenters. The molecule has 0 spiro atoms. The van der Waals surface area contributed by atoms with Gasteiger partial charge >= 0.3 is 0 Å². The fourth-order valence-corrected chi connectivity index (χ4v) is 2.73. The number of hydrogen-bond donors (Lipinski definition) is 1. The van der Waals surface area contributed by atoms with Crippen LogP contribution in [0.1, 0.15) is 24.5 Å². The predicted octanol–water partition coefficient (Wildman–Crippen LogP) is 4.30. The summed E-state index contributed by atoms with van der Waals surface area (Å²) in [6.45, 7) is 2.00. The van der Waals surface area contributed by atoms with Crippen LogP contribution in [-0.2, 0) is 12.0 Å². The molecule has 2 aromatic rings. The number of halogens is 1. The predicted molar refractivity (Wildman–Crippen MR) is 85.0 cm³/mol. The maximum Gasteiger partial charge on any atom is 0.119 e. The van der Waals surface area contributed by atoms with Gasteiger partial charge in [0.2, 0.25) is 0 Å². The second-order valence-corrected chi connectivity index (χ2v) is 5.84. The fraction of sp³-hybridized carbons (Fsp3) is 0.294. The molecule has 0 saturated heterocycles. The van der Waals surface area contributed by atoms with E-state index in [0.717, 1.165) is 21.3 Å². The van der Waals surface area contributed by atoms with E-state index in [4.69, 9.17) is 4.74 Å². The van der Waals surface area contributed by atoms with E-state index in [1.165, 1.54) is 0 Å². The first kappa shape index (κ1) is 15.1. The van der Waals surface area contributed by atoms with Gasteiger partial charge in [-0.3, -0.25) is 0 Å². The fourth-order valence-electron chi connectivity index (χ4n) is 2.33. The molecule has 2 aromatic carbocycles. The molecule has 1 N–H and O–H groups in total. The first-order valence-corrected chi connectivity index (χ1v) is 7.48. The van der Waals surface area contributed by atoms with Gasteiger partial charge in [-0.25, -0.2) is 0 Å². The van der Waals surface area contributed by atoms with E-state index in [9.17, 15) is 5.11 Å². The van der Waals surface area contributed by atoms with Crippen molar-refractivity contribution in [2.75, 3.05) is 7.11 Å². The molecule has 0 aromatic heterocycles. The molecule has 0 amide bonds. The van der Waals surface area contributed by atoms with E-state index in [-0.39, 0.29) is 0 Å². The second kappa shape index (κ2) is 6.42. The van der Waals surface area contributed by atoms with Crippen molar-refractivity contribution >= 4 is 15.9 Å². The van der Waals surface area contributed by atoms with Gasteiger partial charge in [-0.15, -0.1) is 0 Å². The molecule has 0 aliphatic heterocycles. The van der Waals surface area contributed by atoms with Crippen LogP contribution < -0.4 is 4.74 Å². The van der Waals surface area contributed by atoms with Crippen LogP contribution in [0.15, 0.2) is 53.0 Å². The number of hydrogen-bond acceptors (Lipinski definition) is 2. The molecule has 0 aliphatic carbocycles. The third-order valence-electron chi connectivity index (χ3n) is 3.58. The lowest BCUT2D eigenvalue weighted by Gasteiger charge is -2.28. The summed E-state index contributed by atoms with van der Waals surface area (Å²) >= 11 is 3.46. The van der Waals surface area contributed by atoms with Crippen LogP contribution >= 0.6 is 15.9 Å². The van der Waals surface area contributed by atoms with Gasteiger partial charge in [0, 0.05) is 10.9 Å². The molecule has 3 heteroatoms. The van der Waals surface area contributed by atoms with Crippen molar-refractivity contribution in [2.24, 2.45) is 0 Å². The highest BCUT2D eigenvalue weighted by atomic mass is 79.9.